The summed E-state index contributed by atoms with van der Waals surface area (Å²) >= 11 is 2.95. The summed E-state index contributed by atoms with van der Waals surface area (Å²) in [5, 5.41) is 0.670. The van der Waals surface area contributed by atoms with Gasteiger partial charge in [-0.1, -0.05) is 0 Å². The first kappa shape index (κ1) is 8.69. The number of aryl methyl sites for hydroxylation is 1. The van der Waals surface area contributed by atoms with Crippen LogP contribution in [0.2, 0.25) is 0 Å². The van der Waals surface area contributed by atoms with Gasteiger partial charge in [0.25, 0.3) is 0 Å². The van der Waals surface area contributed by atoms with Crippen molar-refractivity contribution in [2.75, 3.05) is 0 Å². The number of halogens is 3. The molecule has 1 aromatic heterocycles. The van der Waals surface area contributed by atoms with Crippen LogP contribution >= 0.6 is 15.9 Å². The first-order valence-corrected chi connectivity index (χ1v) is 4.51. The van der Waals surface area contributed by atoms with Crippen LogP contribution in [0.3, 0.4) is 0 Å². The van der Waals surface area contributed by atoms with E-state index in [4.69, 9.17) is 0 Å². The van der Waals surface area contributed by atoms with Crippen LogP contribution in [-0.2, 0) is 0 Å². The molecule has 0 saturated carbocycles. The van der Waals surface area contributed by atoms with Crippen LogP contribution in [-0.4, -0.2) is 4.98 Å². The minimum atomic E-state index is -0.852. The maximum atomic E-state index is 13.2. The van der Waals surface area contributed by atoms with Crippen molar-refractivity contribution in [1.29, 1.82) is 0 Å². The van der Waals surface area contributed by atoms with Gasteiger partial charge >= 0.3 is 0 Å². The molecule has 0 radical (unpaired) electrons. The third kappa shape index (κ3) is 1.25. The highest BCUT2D eigenvalue weighted by atomic mass is 79.9. The van der Waals surface area contributed by atoms with E-state index in [-0.39, 0.29) is 9.99 Å². The van der Waals surface area contributed by atoms with Crippen molar-refractivity contribution < 1.29 is 8.78 Å². The zero-order valence-corrected chi connectivity index (χ0v) is 8.37. The Balaban J connectivity index is 2.92. The minimum Gasteiger partial charge on any atom is -0.356 e. The van der Waals surface area contributed by atoms with Gasteiger partial charge in [-0.05, 0) is 35.0 Å². The van der Waals surface area contributed by atoms with Crippen LogP contribution < -0.4 is 0 Å². The standard InChI is InChI=1S/C9H6BrF2N/c1-4-2-5-3-6(10)7(11)8(12)9(5)13-4/h2-3,13H,1H3. The van der Waals surface area contributed by atoms with Gasteiger partial charge in [0.2, 0.25) is 0 Å². The summed E-state index contributed by atoms with van der Waals surface area (Å²) in [5.74, 6) is -1.69. The Bertz CT molecular complexity index is 476. The predicted octanol–water partition coefficient (Wildman–Crippen LogP) is 3.52. The molecule has 1 heterocycles. The SMILES string of the molecule is Cc1cc2cc(Br)c(F)c(F)c2[nH]1. The molecule has 1 nitrogen and oxygen atoms in total. The van der Waals surface area contributed by atoms with E-state index in [0.29, 0.717) is 5.39 Å². The fourth-order valence-electron chi connectivity index (χ4n) is 1.32. The molecular formula is C9H6BrF2N. The average molecular weight is 246 g/mol. The number of nitrogens with one attached hydrogen (secondary N) is 1. The van der Waals surface area contributed by atoms with Crippen LogP contribution in [0.15, 0.2) is 16.6 Å². The van der Waals surface area contributed by atoms with Gasteiger partial charge in [-0.3, -0.25) is 0 Å². The maximum Gasteiger partial charge on any atom is 0.183 e. The molecule has 68 valence electrons. The summed E-state index contributed by atoms with van der Waals surface area (Å²) in [6.07, 6.45) is 0. The molecule has 0 amide bonds. The number of hydrogen-bond acceptors (Lipinski definition) is 0. The molecule has 13 heavy (non-hydrogen) atoms. The third-order valence-electron chi connectivity index (χ3n) is 1.89. The lowest BCUT2D eigenvalue weighted by molar-refractivity contribution is 0.511. The lowest BCUT2D eigenvalue weighted by Crippen LogP contribution is -1.87. The van der Waals surface area contributed by atoms with Gasteiger partial charge in [-0.25, -0.2) is 8.78 Å². The second kappa shape index (κ2) is 2.80. The summed E-state index contributed by atoms with van der Waals surface area (Å²) < 4.78 is 26.4. The lowest BCUT2D eigenvalue weighted by Gasteiger charge is -1.97. The smallest absolute Gasteiger partial charge is 0.183 e. The Hall–Kier alpha value is -0.900. The highest BCUT2D eigenvalue weighted by Crippen LogP contribution is 2.27. The molecule has 0 spiro atoms. The largest absolute Gasteiger partial charge is 0.356 e. The van der Waals surface area contributed by atoms with E-state index in [1.807, 2.05) is 0 Å². The lowest BCUT2D eigenvalue weighted by atomic mass is 10.2. The number of hydrogen-bond donors (Lipinski definition) is 1. The number of rotatable bonds is 0. The maximum absolute atomic E-state index is 13.2. The van der Waals surface area contributed by atoms with Gasteiger partial charge in [0.15, 0.2) is 11.6 Å². The first-order chi connectivity index (χ1) is 6.09. The van der Waals surface area contributed by atoms with E-state index in [0.717, 1.165) is 5.69 Å². The second-order valence-electron chi connectivity index (χ2n) is 2.90. The van der Waals surface area contributed by atoms with Gasteiger partial charge in [-0.15, -0.1) is 0 Å². The third-order valence-corrected chi connectivity index (χ3v) is 2.46. The highest BCUT2D eigenvalue weighted by molar-refractivity contribution is 9.10. The molecule has 0 atom stereocenters. The van der Waals surface area contributed by atoms with E-state index in [1.54, 1.807) is 19.1 Å². The van der Waals surface area contributed by atoms with Crippen LogP contribution in [0, 0.1) is 18.6 Å². The van der Waals surface area contributed by atoms with E-state index in [2.05, 4.69) is 20.9 Å². The summed E-state index contributed by atoms with van der Waals surface area (Å²) in [6, 6.07) is 3.32. The Morgan fingerprint density at radius 2 is 1.92 bits per heavy atom. The molecule has 0 unspecified atom stereocenters. The fourth-order valence-corrected chi connectivity index (χ4v) is 1.74. The molecule has 0 aliphatic heterocycles. The summed E-state index contributed by atoms with van der Waals surface area (Å²) in [5.41, 5.74) is 1.03. The zero-order valence-electron chi connectivity index (χ0n) is 6.79. The van der Waals surface area contributed by atoms with E-state index in [1.165, 1.54) is 0 Å². The van der Waals surface area contributed by atoms with Crippen molar-refractivity contribution >= 4 is 26.8 Å². The number of fused-ring (bicyclic) bond motifs is 1. The number of benzene rings is 1. The van der Waals surface area contributed by atoms with Crippen molar-refractivity contribution in [3.8, 4) is 0 Å². The van der Waals surface area contributed by atoms with Gasteiger partial charge in [-0.2, -0.15) is 0 Å². The van der Waals surface area contributed by atoms with Crippen molar-refractivity contribution in [1.82, 2.24) is 4.98 Å². The van der Waals surface area contributed by atoms with Crippen LogP contribution in [0.5, 0.6) is 0 Å². The molecule has 0 bridgehead atoms. The van der Waals surface area contributed by atoms with E-state index < -0.39 is 11.6 Å². The molecule has 0 fully saturated rings. The molecule has 1 aromatic carbocycles. The van der Waals surface area contributed by atoms with Gasteiger partial charge in [0.05, 0.1) is 9.99 Å². The van der Waals surface area contributed by atoms with Gasteiger partial charge < -0.3 is 4.98 Å². The monoisotopic (exact) mass is 245 g/mol. The average Bonchev–Trinajstić information content (AvgIpc) is 2.42. The van der Waals surface area contributed by atoms with Crippen molar-refractivity contribution in [3.63, 3.8) is 0 Å². The second-order valence-corrected chi connectivity index (χ2v) is 3.76. The zero-order chi connectivity index (χ0) is 9.59. The van der Waals surface area contributed by atoms with Crippen molar-refractivity contribution in [3.05, 3.63) is 33.9 Å². The quantitative estimate of drug-likeness (QED) is 0.684. The number of aromatic nitrogens is 1. The van der Waals surface area contributed by atoms with Crippen molar-refractivity contribution in [2.24, 2.45) is 0 Å². The topological polar surface area (TPSA) is 15.8 Å². The number of aromatic amines is 1. The van der Waals surface area contributed by atoms with Crippen LogP contribution in [0.4, 0.5) is 8.78 Å². The summed E-state index contributed by atoms with van der Waals surface area (Å²) in [7, 11) is 0. The van der Waals surface area contributed by atoms with Gasteiger partial charge in [0.1, 0.15) is 0 Å². The van der Waals surface area contributed by atoms with Crippen molar-refractivity contribution in [2.45, 2.75) is 6.92 Å². The summed E-state index contributed by atoms with van der Waals surface area (Å²) in [6.45, 7) is 1.80. The Morgan fingerprint density at radius 3 is 2.62 bits per heavy atom. The fraction of sp³-hybridized carbons (Fsp3) is 0.111. The molecule has 4 heteroatoms. The highest BCUT2D eigenvalue weighted by Gasteiger charge is 2.12. The minimum absolute atomic E-state index is 0.150. The van der Waals surface area contributed by atoms with E-state index >= 15 is 0 Å². The normalized spacial score (nSPS) is 11.1. The van der Waals surface area contributed by atoms with E-state index in [9.17, 15) is 8.78 Å². The Morgan fingerprint density at radius 1 is 1.23 bits per heavy atom. The summed E-state index contributed by atoms with van der Waals surface area (Å²) in [4.78, 5) is 2.76. The first-order valence-electron chi connectivity index (χ1n) is 3.72. The molecule has 2 rings (SSSR count). The van der Waals surface area contributed by atoms with Gasteiger partial charge in [0, 0.05) is 11.1 Å². The molecule has 1 N–H and O–H groups in total. The molecule has 2 aromatic rings. The molecule has 0 aliphatic carbocycles. The Labute approximate surface area is 81.9 Å². The van der Waals surface area contributed by atoms with Crippen LogP contribution in [0.25, 0.3) is 10.9 Å². The Kier molecular flexibility index (Phi) is 1.87. The predicted molar refractivity (Wildman–Crippen MR) is 50.7 cm³/mol. The molecular weight excluding hydrogens is 240 g/mol. The van der Waals surface area contributed by atoms with Crippen LogP contribution in [0.1, 0.15) is 5.69 Å². The number of H-pyrrole nitrogens is 1. The molecule has 0 saturated heterocycles. The molecule has 0 aliphatic rings.